The first-order chi connectivity index (χ1) is 12.0. The highest BCUT2D eigenvalue weighted by atomic mass is 35.5. The highest BCUT2D eigenvalue weighted by Crippen LogP contribution is 2.22. The van der Waals surface area contributed by atoms with Gasteiger partial charge in [-0.15, -0.1) is 0 Å². The zero-order chi connectivity index (χ0) is 17.8. The van der Waals surface area contributed by atoms with Crippen LogP contribution in [0.25, 0.3) is 0 Å². The van der Waals surface area contributed by atoms with Crippen LogP contribution in [0.15, 0.2) is 18.2 Å². The van der Waals surface area contributed by atoms with E-state index >= 15 is 0 Å². The number of anilines is 1. The number of hydrogen-bond acceptors (Lipinski definition) is 3. The van der Waals surface area contributed by atoms with Crippen molar-refractivity contribution in [2.24, 2.45) is 5.92 Å². The van der Waals surface area contributed by atoms with Gasteiger partial charge in [0.1, 0.15) is 5.82 Å². The topological polar surface area (TPSA) is 52.7 Å². The lowest BCUT2D eigenvalue weighted by Crippen LogP contribution is -2.43. The van der Waals surface area contributed by atoms with Gasteiger partial charge in [0.15, 0.2) is 0 Å². The van der Waals surface area contributed by atoms with Crippen molar-refractivity contribution in [1.29, 1.82) is 0 Å². The average molecular weight is 368 g/mol. The fraction of sp³-hybridized carbons (Fsp3) is 0.556. The first kappa shape index (κ1) is 18.1. The molecule has 136 valence electrons. The molecule has 1 N–H and O–H groups in total. The minimum absolute atomic E-state index is 0.0148. The number of benzene rings is 1. The normalized spacial score (nSPS) is 19.2. The number of piperidine rings is 1. The van der Waals surface area contributed by atoms with E-state index in [1.165, 1.54) is 18.2 Å². The van der Waals surface area contributed by atoms with Gasteiger partial charge in [0.2, 0.25) is 11.8 Å². The lowest BCUT2D eigenvalue weighted by atomic mass is 9.95. The number of carbonyl (C=O) groups is 2. The van der Waals surface area contributed by atoms with Crippen molar-refractivity contribution in [3.8, 4) is 0 Å². The minimum atomic E-state index is -0.510. The average Bonchev–Trinajstić information content (AvgIpc) is 3.13. The Bertz CT molecular complexity index is 641. The first-order valence-corrected chi connectivity index (χ1v) is 9.17. The number of amides is 2. The van der Waals surface area contributed by atoms with Crippen LogP contribution in [0.2, 0.25) is 5.02 Å². The van der Waals surface area contributed by atoms with Crippen molar-refractivity contribution >= 4 is 29.1 Å². The summed E-state index contributed by atoms with van der Waals surface area (Å²) in [7, 11) is 0. The summed E-state index contributed by atoms with van der Waals surface area (Å²) in [6, 6.07) is 4.11. The van der Waals surface area contributed by atoms with Gasteiger partial charge in [-0.2, -0.15) is 0 Å². The molecule has 3 rings (SSSR count). The number of nitrogens with one attached hydrogen (secondary N) is 1. The predicted molar refractivity (Wildman–Crippen MR) is 95.0 cm³/mol. The van der Waals surface area contributed by atoms with E-state index in [1.54, 1.807) is 0 Å². The van der Waals surface area contributed by atoms with Crippen LogP contribution in [-0.2, 0) is 9.59 Å². The van der Waals surface area contributed by atoms with Gasteiger partial charge in [0.25, 0.3) is 0 Å². The molecule has 0 saturated carbocycles. The molecule has 2 aliphatic heterocycles. The summed E-state index contributed by atoms with van der Waals surface area (Å²) < 4.78 is 13.1. The number of halogens is 2. The Morgan fingerprint density at radius 1 is 1.16 bits per heavy atom. The summed E-state index contributed by atoms with van der Waals surface area (Å²) in [5.74, 6) is -0.299. The van der Waals surface area contributed by atoms with E-state index in [0.717, 1.165) is 51.9 Å². The van der Waals surface area contributed by atoms with Crippen molar-refractivity contribution in [2.45, 2.75) is 25.7 Å². The Morgan fingerprint density at radius 2 is 1.84 bits per heavy atom. The lowest BCUT2D eigenvalue weighted by molar-refractivity contribution is -0.136. The largest absolute Gasteiger partial charge is 0.342 e. The van der Waals surface area contributed by atoms with Gasteiger partial charge in [0, 0.05) is 24.7 Å². The highest BCUT2D eigenvalue weighted by Gasteiger charge is 2.30. The molecular weight excluding hydrogens is 345 g/mol. The van der Waals surface area contributed by atoms with E-state index in [9.17, 15) is 14.0 Å². The quantitative estimate of drug-likeness (QED) is 0.890. The predicted octanol–water partition coefficient (Wildman–Crippen LogP) is 2.75. The first-order valence-electron chi connectivity index (χ1n) is 8.79. The number of carbonyl (C=O) groups excluding carboxylic acids is 2. The summed E-state index contributed by atoms with van der Waals surface area (Å²) in [4.78, 5) is 28.6. The second-order valence-electron chi connectivity index (χ2n) is 6.76. The van der Waals surface area contributed by atoms with Crippen LogP contribution in [0.1, 0.15) is 25.7 Å². The third kappa shape index (κ3) is 4.70. The van der Waals surface area contributed by atoms with Gasteiger partial charge >= 0.3 is 0 Å². The van der Waals surface area contributed by atoms with E-state index in [0.29, 0.717) is 5.69 Å². The van der Waals surface area contributed by atoms with Gasteiger partial charge in [-0.3, -0.25) is 14.5 Å². The van der Waals surface area contributed by atoms with Gasteiger partial charge in [-0.25, -0.2) is 4.39 Å². The maximum Gasteiger partial charge on any atom is 0.238 e. The Labute approximate surface area is 152 Å². The second kappa shape index (κ2) is 8.15. The molecule has 5 nitrogen and oxygen atoms in total. The summed E-state index contributed by atoms with van der Waals surface area (Å²) >= 11 is 5.72. The Balaban J connectivity index is 1.44. The zero-order valence-corrected chi connectivity index (χ0v) is 14.9. The maximum absolute atomic E-state index is 13.1. The molecule has 0 radical (unpaired) electrons. The van der Waals surface area contributed by atoms with E-state index in [1.807, 2.05) is 9.80 Å². The van der Waals surface area contributed by atoms with Crippen molar-refractivity contribution < 1.29 is 14.0 Å². The zero-order valence-electron chi connectivity index (χ0n) is 14.1. The van der Waals surface area contributed by atoms with Crippen molar-refractivity contribution in [3.05, 3.63) is 29.0 Å². The van der Waals surface area contributed by atoms with Gasteiger partial charge in [-0.05, 0) is 57.0 Å². The summed E-state index contributed by atoms with van der Waals surface area (Å²) in [6.07, 6.45) is 3.81. The second-order valence-corrected chi connectivity index (χ2v) is 7.17. The Morgan fingerprint density at radius 3 is 2.48 bits per heavy atom. The molecule has 2 fully saturated rings. The fourth-order valence-corrected chi connectivity index (χ4v) is 3.69. The Hall–Kier alpha value is -1.66. The molecule has 0 aliphatic carbocycles. The monoisotopic (exact) mass is 367 g/mol. The maximum atomic E-state index is 13.1. The van der Waals surface area contributed by atoms with Crippen LogP contribution in [0.3, 0.4) is 0 Å². The molecule has 7 heteroatoms. The van der Waals surface area contributed by atoms with Gasteiger partial charge in [-0.1, -0.05) is 11.6 Å². The minimum Gasteiger partial charge on any atom is -0.342 e. The van der Waals surface area contributed by atoms with E-state index < -0.39 is 5.82 Å². The third-order valence-electron chi connectivity index (χ3n) is 4.93. The van der Waals surface area contributed by atoms with E-state index in [-0.39, 0.29) is 29.3 Å². The fourth-order valence-electron chi connectivity index (χ4n) is 3.51. The molecule has 0 aromatic heterocycles. The molecule has 1 aromatic carbocycles. The number of hydrogen-bond donors (Lipinski definition) is 1. The summed E-state index contributed by atoms with van der Waals surface area (Å²) in [5.41, 5.74) is 0.482. The number of nitrogens with zero attached hydrogens (tertiary/aromatic N) is 2. The van der Waals surface area contributed by atoms with Crippen LogP contribution in [0, 0.1) is 11.7 Å². The number of rotatable bonds is 4. The molecule has 1 aromatic rings. The summed E-state index contributed by atoms with van der Waals surface area (Å²) in [6.45, 7) is 3.52. The SMILES string of the molecule is O=C(CN1CCC(C(=O)N2CCCC2)CC1)Nc1ccc(F)c(Cl)c1. The van der Waals surface area contributed by atoms with Gasteiger partial charge < -0.3 is 10.2 Å². The van der Waals surface area contributed by atoms with E-state index in [2.05, 4.69) is 5.32 Å². The Kier molecular flexibility index (Phi) is 5.91. The molecule has 2 heterocycles. The van der Waals surface area contributed by atoms with E-state index in [4.69, 9.17) is 11.6 Å². The molecular formula is C18H23ClFN3O2. The molecule has 25 heavy (non-hydrogen) atoms. The lowest BCUT2D eigenvalue weighted by Gasteiger charge is -2.32. The molecule has 0 bridgehead atoms. The molecule has 0 unspecified atom stereocenters. The van der Waals surface area contributed by atoms with Crippen LogP contribution < -0.4 is 5.32 Å². The summed E-state index contributed by atoms with van der Waals surface area (Å²) in [5, 5.41) is 2.71. The highest BCUT2D eigenvalue weighted by molar-refractivity contribution is 6.31. The van der Waals surface area contributed by atoms with Crippen LogP contribution >= 0.6 is 11.6 Å². The standard InChI is InChI=1S/C18H23ClFN3O2/c19-15-11-14(3-4-16(15)20)21-17(24)12-22-9-5-13(6-10-22)18(25)23-7-1-2-8-23/h3-4,11,13H,1-2,5-10,12H2,(H,21,24). The van der Waals surface area contributed by atoms with Gasteiger partial charge in [0.05, 0.1) is 11.6 Å². The van der Waals surface area contributed by atoms with Crippen molar-refractivity contribution in [2.75, 3.05) is 38.0 Å². The van der Waals surface area contributed by atoms with Crippen molar-refractivity contribution in [1.82, 2.24) is 9.80 Å². The number of likely N-dealkylation sites (tertiary alicyclic amines) is 2. The molecule has 2 amide bonds. The smallest absolute Gasteiger partial charge is 0.238 e. The van der Waals surface area contributed by atoms with Crippen LogP contribution in [0.5, 0.6) is 0 Å². The van der Waals surface area contributed by atoms with Crippen molar-refractivity contribution in [3.63, 3.8) is 0 Å². The third-order valence-corrected chi connectivity index (χ3v) is 5.21. The van der Waals surface area contributed by atoms with Crippen LogP contribution in [0.4, 0.5) is 10.1 Å². The molecule has 2 aliphatic rings. The molecule has 0 spiro atoms. The molecule has 0 atom stereocenters. The van der Waals surface area contributed by atoms with Crippen LogP contribution in [-0.4, -0.2) is 54.3 Å². The molecule has 2 saturated heterocycles.